The number of carbonyl (C=O) groups excluding carboxylic acids is 1. The zero-order valence-electron chi connectivity index (χ0n) is 8.18. The third-order valence-corrected chi connectivity index (χ3v) is 2.32. The Morgan fingerprint density at radius 2 is 2.36 bits per heavy atom. The van der Waals surface area contributed by atoms with Crippen LogP contribution in [0.2, 0.25) is 0 Å². The Balaban J connectivity index is 3.39. The van der Waals surface area contributed by atoms with Crippen LogP contribution in [0.5, 0.6) is 0 Å². The van der Waals surface area contributed by atoms with Gasteiger partial charge in [-0.05, 0) is 6.92 Å². The Morgan fingerprint density at radius 1 is 1.64 bits per heavy atom. The molecule has 0 fully saturated rings. The van der Waals surface area contributed by atoms with Crippen molar-refractivity contribution < 1.29 is 19.7 Å². The van der Waals surface area contributed by atoms with Crippen molar-refractivity contribution in [2.45, 2.75) is 13.0 Å². The molecule has 0 amide bonds. The minimum atomic E-state index is -0.684. The highest BCUT2D eigenvalue weighted by Gasteiger charge is 1.99. The van der Waals surface area contributed by atoms with Crippen molar-refractivity contribution in [3.63, 3.8) is 0 Å². The third kappa shape index (κ3) is 8.10. The summed E-state index contributed by atoms with van der Waals surface area (Å²) in [6.07, 6.45) is 2.35. The zero-order chi connectivity index (χ0) is 10.8. The zero-order valence-corrected chi connectivity index (χ0v) is 9.00. The molecule has 0 spiro atoms. The molecule has 0 bridgehead atoms. The van der Waals surface area contributed by atoms with E-state index in [0.29, 0.717) is 18.1 Å². The van der Waals surface area contributed by atoms with E-state index in [4.69, 9.17) is 10.2 Å². The molecule has 0 aromatic heterocycles. The first-order chi connectivity index (χ1) is 6.70. The van der Waals surface area contributed by atoms with Crippen LogP contribution in [0.3, 0.4) is 0 Å². The van der Waals surface area contributed by atoms with Gasteiger partial charge in [-0.25, -0.2) is 4.79 Å². The number of rotatable bonds is 7. The van der Waals surface area contributed by atoms with Crippen molar-refractivity contribution in [3.05, 3.63) is 12.2 Å². The van der Waals surface area contributed by atoms with Crippen molar-refractivity contribution in [1.29, 1.82) is 0 Å². The number of aliphatic hydroxyl groups excluding tert-OH is 2. The highest BCUT2D eigenvalue weighted by atomic mass is 32.2. The van der Waals surface area contributed by atoms with E-state index in [9.17, 15) is 4.79 Å². The molecule has 1 unspecified atom stereocenters. The Morgan fingerprint density at radius 3 is 2.93 bits per heavy atom. The van der Waals surface area contributed by atoms with Crippen LogP contribution in [0.1, 0.15) is 6.92 Å². The molecule has 0 aliphatic carbocycles. The number of thioether (sulfide) groups is 1. The van der Waals surface area contributed by atoms with Gasteiger partial charge in [0, 0.05) is 17.6 Å². The predicted molar refractivity (Wildman–Crippen MR) is 56.2 cm³/mol. The van der Waals surface area contributed by atoms with E-state index in [2.05, 4.69) is 4.74 Å². The summed E-state index contributed by atoms with van der Waals surface area (Å²) in [5, 5.41) is 17.5. The number of carbonyl (C=O) groups is 1. The summed E-state index contributed by atoms with van der Waals surface area (Å²) in [6.45, 7) is 1.90. The summed E-state index contributed by atoms with van der Waals surface area (Å²) in [6, 6.07) is 0. The Kier molecular flexibility index (Phi) is 8.72. The molecule has 82 valence electrons. The second-order valence-electron chi connectivity index (χ2n) is 2.53. The van der Waals surface area contributed by atoms with E-state index >= 15 is 0 Å². The maximum atomic E-state index is 10.8. The van der Waals surface area contributed by atoms with Crippen LogP contribution >= 0.6 is 11.8 Å². The fraction of sp³-hybridized carbons (Fsp3) is 0.667. The van der Waals surface area contributed by atoms with Crippen molar-refractivity contribution in [3.8, 4) is 0 Å². The molecule has 0 rings (SSSR count). The predicted octanol–water partition coefficient (Wildman–Crippen LogP) is 0.192. The van der Waals surface area contributed by atoms with Crippen molar-refractivity contribution in [1.82, 2.24) is 0 Å². The molecule has 1 atom stereocenters. The van der Waals surface area contributed by atoms with Crippen LogP contribution in [0.25, 0.3) is 0 Å². The van der Waals surface area contributed by atoms with E-state index in [1.807, 2.05) is 0 Å². The topological polar surface area (TPSA) is 66.8 Å². The molecular weight excluding hydrogens is 204 g/mol. The summed E-state index contributed by atoms with van der Waals surface area (Å²) in [5.74, 6) is 0.732. The molecule has 0 aromatic rings. The van der Waals surface area contributed by atoms with E-state index in [0.717, 1.165) is 0 Å². The average molecular weight is 220 g/mol. The average Bonchev–Trinajstić information content (AvgIpc) is 2.17. The number of aliphatic hydroxyl groups is 2. The van der Waals surface area contributed by atoms with Crippen molar-refractivity contribution in [2.75, 3.05) is 24.7 Å². The van der Waals surface area contributed by atoms with Gasteiger partial charge < -0.3 is 14.9 Å². The lowest BCUT2D eigenvalue weighted by molar-refractivity contribution is -0.137. The Labute approximate surface area is 88.0 Å². The molecular formula is C9H16O4S. The SMILES string of the molecule is CCOC(=O)/C=C/CSCC(O)CO. The fourth-order valence-electron chi connectivity index (χ4n) is 0.660. The van der Waals surface area contributed by atoms with Gasteiger partial charge >= 0.3 is 5.97 Å². The summed E-state index contributed by atoms with van der Waals surface area (Å²) < 4.78 is 4.67. The van der Waals surface area contributed by atoms with E-state index in [1.165, 1.54) is 17.8 Å². The van der Waals surface area contributed by atoms with Gasteiger partial charge in [-0.3, -0.25) is 0 Å². The first-order valence-corrected chi connectivity index (χ1v) is 5.56. The lowest BCUT2D eigenvalue weighted by Gasteiger charge is -2.03. The summed E-state index contributed by atoms with van der Waals surface area (Å²) in [5.41, 5.74) is 0. The van der Waals surface area contributed by atoms with Crippen LogP contribution in [-0.2, 0) is 9.53 Å². The first-order valence-electron chi connectivity index (χ1n) is 4.40. The maximum absolute atomic E-state index is 10.8. The highest BCUT2D eigenvalue weighted by Crippen LogP contribution is 2.02. The van der Waals surface area contributed by atoms with Crippen molar-refractivity contribution >= 4 is 17.7 Å². The summed E-state index contributed by atoms with van der Waals surface area (Å²) in [4.78, 5) is 10.8. The van der Waals surface area contributed by atoms with E-state index in [1.54, 1.807) is 13.0 Å². The molecule has 0 aliphatic heterocycles. The van der Waals surface area contributed by atoms with Crippen LogP contribution in [0, 0.1) is 0 Å². The molecule has 4 nitrogen and oxygen atoms in total. The Bertz CT molecular complexity index is 182. The normalized spacial score (nSPS) is 13.1. The van der Waals surface area contributed by atoms with Gasteiger partial charge in [-0.15, -0.1) is 0 Å². The number of esters is 1. The first kappa shape index (κ1) is 13.5. The number of hydrogen-bond acceptors (Lipinski definition) is 5. The molecule has 14 heavy (non-hydrogen) atoms. The van der Waals surface area contributed by atoms with E-state index < -0.39 is 6.10 Å². The minimum absolute atomic E-state index is 0.228. The molecule has 0 aromatic carbocycles. The van der Waals surface area contributed by atoms with Gasteiger partial charge in [0.25, 0.3) is 0 Å². The third-order valence-electron chi connectivity index (χ3n) is 1.28. The quantitative estimate of drug-likeness (QED) is 0.364. The molecule has 0 radical (unpaired) electrons. The lowest BCUT2D eigenvalue weighted by Crippen LogP contribution is -2.14. The minimum Gasteiger partial charge on any atom is -0.463 e. The summed E-state index contributed by atoms with van der Waals surface area (Å²) >= 11 is 1.44. The highest BCUT2D eigenvalue weighted by molar-refractivity contribution is 7.99. The second-order valence-corrected chi connectivity index (χ2v) is 3.60. The smallest absolute Gasteiger partial charge is 0.330 e. The lowest BCUT2D eigenvalue weighted by atomic mass is 10.4. The van der Waals surface area contributed by atoms with Gasteiger partial charge in [0.2, 0.25) is 0 Å². The fourth-order valence-corrected chi connectivity index (χ4v) is 1.41. The molecule has 0 aliphatic rings. The number of hydrogen-bond donors (Lipinski definition) is 2. The number of ether oxygens (including phenoxy) is 1. The van der Waals surface area contributed by atoms with Crippen LogP contribution in [0.4, 0.5) is 0 Å². The van der Waals surface area contributed by atoms with E-state index in [-0.39, 0.29) is 12.6 Å². The van der Waals surface area contributed by atoms with Crippen molar-refractivity contribution in [2.24, 2.45) is 0 Å². The monoisotopic (exact) mass is 220 g/mol. The molecule has 0 saturated carbocycles. The second kappa shape index (κ2) is 9.05. The summed E-state index contributed by atoms with van der Waals surface area (Å²) in [7, 11) is 0. The van der Waals surface area contributed by atoms with Crippen LogP contribution in [0.15, 0.2) is 12.2 Å². The van der Waals surface area contributed by atoms with Gasteiger partial charge in [-0.2, -0.15) is 11.8 Å². The largest absolute Gasteiger partial charge is 0.463 e. The van der Waals surface area contributed by atoms with Gasteiger partial charge in [0.05, 0.1) is 19.3 Å². The molecule has 0 heterocycles. The maximum Gasteiger partial charge on any atom is 0.330 e. The van der Waals surface area contributed by atoms with Crippen LogP contribution < -0.4 is 0 Å². The van der Waals surface area contributed by atoms with Gasteiger partial charge in [0.15, 0.2) is 0 Å². The van der Waals surface area contributed by atoms with Gasteiger partial charge in [0.1, 0.15) is 0 Å². The molecule has 2 N–H and O–H groups in total. The van der Waals surface area contributed by atoms with Gasteiger partial charge in [-0.1, -0.05) is 6.08 Å². The molecule has 0 saturated heterocycles. The standard InChI is InChI=1S/C9H16O4S/c1-2-13-9(12)4-3-5-14-7-8(11)6-10/h3-4,8,10-11H,2,5-7H2,1H3/b4-3+. The molecule has 5 heteroatoms. The Hall–Kier alpha value is -0.520. The van der Waals surface area contributed by atoms with Crippen LogP contribution in [-0.4, -0.2) is 47.0 Å².